The summed E-state index contributed by atoms with van der Waals surface area (Å²) in [7, 11) is 0.0000707. The van der Waals surface area contributed by atoms with Crippen molar-refractivity contribution < 1.29 is 19.2 Å². The first-order chi connectivity index (χ1) is 16.2. The van der Waals surface area contributed by atoms with E-state index in [1.807, 2.05) is 10.6 Å². The fourth-order valence-corrected chi connectivity index (χ4v) is 15.8. The van der Waals surface area contributed by atoms with Gasteiger partial charge in [-0.15, -0.1) is 0 Å². The molecule has 0 aromatic heterocycles. The first-order valence-electron chi connectivity index (χ1n) is 13.1. The maximum absolute atomic E-state index is 2.64. The SMILES string of the molecule is CCCP(CCC)C1=Cc2ccccc2[CH]1[Ti][CH]1C(P(CCC)CCC)=Cc2ccccc21. The molecule has 2 aromatic carbocycles. The molecule has 0 saturated carbocycles. The Morgan fingerprint density at radius 3 is 1.30 bits per heavy atom. The Morgan fingerprint density at radius 1 is 0.576 bits per heavy atom. The summed E-state index contributed by atoms with van der Waals surface area (Å²) in [5, 5.41) is 3.71. The van der Waals surface area contributed by atoms with Crippen LogP contribution in [0.2, 0.25) is 0 Å². The van der Waals surface area contributed by atoms with Crippen molar-refractivity contribution in [3.05, 3.63) is 81.4 Å². The Balaban J connectivity index is 1.72. The fourth-order valence-electron chi connectivity index (χ4n) is 5.50. The average molecular weight is 510 g/mol. The van der Waals surface area contributed by atoms with Crippen LogP contribution in [0.15, 0.2) is 59.2 Å². The van der Waals surface area contributed by atoms with Crippen molar-refractivity contribution in [1.29, 1.82) is 0 Å². The molecule has 3 heteroatoms. The zero-order chi connectivity index (χ0) is 23.2. The van der Waals surface area contributed by atoms with Gasteiger partial charge in [-0.1, -0.05) is 0 Å². The molecule has 2 aromatic rings. The van der Waals surface area contributed by atoms with Crippen LogP contribution in [0.1, 0.15) is 84.1 Å². The molecule has 0 heterocycles. The van der Waals surface area contributed by atoms with E-state index in [0.29, 0.717) is 0 Å². The zero-order valence-corrected chi connectivity index (χ0v) is 24.3. The van der Waals surface area contributed by atoms with Gasteiger partial charge >= 0.3 is 215 Å². The van der Waals surface area contributed by atoms with Gasteiger partial charge in [0, 0.05) is 0 Å². The predicted octanol–water partition coefficient (Wildman–Crippen LogP) is 9.86. The third-order valence-electron chi connectivity index (χ3n) is 6.85. The summed E-state index contributed by atoms with van der Waals surface area (Å²) in [5.74, 6) is 0. The minimum absolute atomic E-state index is 0.0000354. The molecule has 33 heavy (non-hydrogen) atoms. The molecule has 2 aliphatic carbocycles. The monoisotopic (exact) mass is 510 g/mol. The molecule has 2 unspecified atom stereocenters. The molecular weight excluding hydrogens is 470 g/mol. The van der Waals surface area contributed by atoms with Crippen molar-refractivity contribution in [3.63, 3.8) is 0 Å². The normalized spacial score (nSPS) is 19.0. The van der Waals surface area contributed by atoms with E-state index in [0.717, 1.165) is 8.45 Å². The number of fused-ring (bicyclic) bond motifs is 2. The minimum atomic E-state index is -0.238. The molecule has 0 bridgehead atoms. The average Bonchev–Trinajstić information content (AvgIpc) is 3.38. The topological polar surface area (TPSA) is 0 Å². The van der Waals surface area contributed by atoms with E-state index < -0.39 is 0 Å². The molecule has 0 amide bonds. The van der Waals surface area contributed by atoms with Crippen LogP contribution < -0.4 is 0 Å². The second-order valence-corrected chi connectivity index (χ2v) is 16.7. The summed E-state index contributed by atoms with van der Waals surface area (Å²) in [4.78, 5) is 0. The van der Waals surface area contributed by atoms with Crippen LogP contribution in [0.4, 0.5) is 0 Å². The van der Waals surface area contributed by atoms with Crippen molar-refractivity contribution in [2.75, 3.05) is 24.6 Å². The Kier molecular flexibility index (Phi) is 9.65. The van der Waals surface area contributed by atoms with Crippen LogP contribution in [0, 0.1) is 0 Å². The van der Waals surface area contributed by atoms with Crippen molar-refractivity contribution in [2.45, 2.75) is 61.8 Å². The standard InChI is InChI=1S/2C15H20P.Ti/c2*1-3-9-16(10-4-2)15-11-13-7-5-6-8-14(13)12-15;/h2*5-8,11-12H,3-4,9-10H2,1-2H3;. The summed E-state index contributed by atoms with van der Waals surface area (Å²) in [6.45, 7) is 9.54. The second kappa shape index (κ2) is 12.5. The molecule has 2 aliphatic rings. The summed E-state index contributed by atoms with van der Waals surface area (Å²) < 4.78 is 1.45. The number of hydrogen-bond donors (Lipinski definition) is 0. The first kappa shape index (κ1) is 25.6. The van der Waals surface area contributed by atoms with Crippen LogP contribution in [0.25, 0.3) is 12.2 Å². The van der Waals surface area contributed by atoms with E-state index in [1.165, 1.54) is 61.5 Å². The Bertz CT molecular complexity index is 901. The molecule has 0 radical (unpaired) electrons. The summed E-state index contributed by atoms with van der Waals surface area (Å²) in [6.07, 6.45) is 16.2. The Labute approximate surface area is 214 Å². The number of hydrogen-bond acceptors (Lipinski definition) is 0. The summed E-state index contributed by atoms with van der Waals surface area (Å²) in [5.41, 5.74) is 6.38. The number of rotatable bonds is 12. The zero-order valence-electron chi connectivity index (χ0n) is 21.0. The molecule has 0 fully saturated rings. The molecule has 0 nitrogen and oxygen atoms in total. The van der Waals surface area contributed by atoms with E-state index >= 15 is 0 Å². The van der Waals surface area contributed by atoms with Crippen LogP contribution in [0.5, 0.6) is 0 Å². The van der Waals surface area contributed by atoms with E-state index in [2.05, 4.69) is 88.4 Å². The molecule has 0 N–H and O–H groups in total. The quantitative estimate of drug-likeness (QED) is 0.197. The maximum atomic E-state index is 2.64. The fraction of sp³-hybridized carbons (Fsp3) is 0.467. The molecule has 174 valence electrons. The van der Waals surface area contributed by atoms with Crippen LogP contribution in [0.3, 0.4) is 0 Å². The van der Waals surface area contributed by atoms with Gasteiger partial charge in [0.2, 0.25) is 0 Å². The molecular formula is C30H40P2Ti. The van der Waals surface area contributed by atoms with Crippen molar-refractivity contribution >= 4 is 28.0 Å². The predicted molar refractivity (Wildman–Crippen MR) is 149 cm³/mol. The Morgan fingerprint density at radius 2 is 0.939 bits per heavy atom. The van der Waals surface area contributed by atoms with Crippen molar-refractivity contribution in [1.82, 2.24) is 0 Å². The van der Waals surface area contributed by atoms with Gasteiger partial charge in [-0.05, 0) is 0 Å². The van der Waals surface area contributed by atoms with Crippen LogP contribution >= 0.6 is 15.8 Å². The van der Waals surface area contributed by atoms with E-state index in [1.54, 1.807) is 11.1 Å². The first-order valence-corrected chi connectivity index (χ1v) is 18.3. The van der Waals surface area contributed by atoms with Crippen LogP contribution in [-0.4, -0.2) is 24.6 Å². The van der Waals surface area contributed by atoms with Crippen LogP contribution in [-0.2, 0) is 19.2 Å². The molecule has 2 atom stereocenters. The number of allylic oxidation sites excluding steroid dienone is 2. The molecule has 0 saturated heterocycles. The number of benzene rings is 2. The summed E-state index contributed by atoms with van der Waals surface area (Å²) in [6, 6.07) is 18.8. The van der Waals surface area contributed by atoms with Gasteiger partial charge in [-0.25, -0.2) is 0 Å². The van der Waals surface area contributed by atoms with Gasteiger partial charge < -0.3 is 0 Å². The van der Waals surface area contributed by atoms with Gasteiger partial charge in [-0.2, -0.15) is 0 Å². The third kappa shape index (κ3) is 5.67. The molecule has 0 aliphatic heterocycles. The molecule has 4 rings (SSSR count). The Hall–Kier alpha value is -0.506. The van der Waals surface area contributed by atoms with Gasteiger partial charge in [-0.3, -0.25) is 0 Å². The second-order valence-electron chi connectivity index (χ2n) is 9.40. The van der Waals surface area contributed by atoms with Gasteiger partial charge in [0.25, 0.3) is 0 Å². The summed E-state index contributed by atoms with van der Waals surface area (Å²) >= 11 is -0.238. The van der Waals surface area contributed by atoms with E-state index in [9.17, 15) is 0 Å². The molecule has 0 spiro atoms. The van der Waals surface area contributed by atoms with Gasteiger partial charge in [0.15, 0.2) is 0 Å². The van der Waals surface area contributed by atoms with E-state index in [-0.39, 0.29) is 35.0 Å². The van der Waals surface area contributed by atoms with Gasteiger partial charge in [0.1, 0.15) is 0 Å². The van der Waals surface area contributed by atoms with Gasteiger partial charge in [0.05, 0.1) is 0 Å². The van der Waals surface area contributed by atoms with Crippen molar-refractivity contribution in [2.24, 2.45) is 0 Å². The van der Waals surface area contributed by atoms with Crippen molar-refractivity contribution in [3.8, 4) is 0 Å². The van der Waals surface area contributed by atoms with E-state index in [4.69, 9.17) is 0 Å². The third-order valence-corrected chi connectivity index (χ3v) is 16.8.